The SMILES string of the molecule is Cc1c(F)cccc1-c1cc(CN)ccc1F. The van der Waals surface area contributed by atoms with Crippen LogP contribution >= 0.6 is 0 Å². The Kier molecular flexibility index (Phi) is 3.20. The van der Waals surface area contributed by atoms with Gasteiger partial charge in [-0.05, 0) is 41.8 Å². The van der Waals surface area contributed by atoms with E-state index < -0.39 is 0 Å². The highest BCUT2D eigenvalue weighted by molar-refractivity contribution is 5.68. The van der Waals surface area contributed by atoms with Gasteiger partial charge in [0.2, 0.25) is 0 Å². The van der Waals surface area contributed by atoms with Gasteiger partial charge in [-0.1, -0.05) is 18.2 Å². The third kappa shape index (κ3) is 2.19. The van der Waals surface area contributed by atoms with Crippen LogP contribution in [0.2, 0.25) is 0 Å². The molecule has 88 valence electrons. The van der Waals surface area contributed by atoms with E-state index in [2.05, 4.69) is 0 Å². The summed E-state index contributed by atoms with van der Waals surface area (Å²) in [5.41, 5.74) is 7.75. The van der Waals surface area contributed by atoms with Crippen LogP contribution in [0, 0.1) is 18.6 Å². The molecule has 0 heterocycles. The van der Waals surface area contributed by atoms with Crippen molar-refractivity contribution in [1.29, 1.82) is 0 Å². The predicted octanol–water partition coefficient (Wildman–Crippen LogP) is 3.40. The van der Waals surface area contributed by atoms with Gasteiger partial charge in [-0.2, -0.15) is 0 Å². The molecule has 2 N–H and O–H groups in total. The van der Waals surface area contributed by atoms with Gasteiger partial charge in [-0.3, -0.25) is 0 Å². The van der Waals surface area contributed by atoms with Crippen LogP contribution < -0.4 is 5.73 Å². The van der Waals surface area contributed by atoms with Crippen molar-refractivity contribution in [3.8, 4) is 11.1 Å². The maximum absolute atomic E-state index is 13.7. The average molecular weight is 233 g/mol. The Morgan fingerprint density at radius 1 is 1.00 bits per heavy atom. The van der Waals surface area contributed by atoms with E-state index in [1.165, 1.54) is 12.1 Å². The summed E-state index contributed by atoms with van der Waals surface area (Å²) in [6, 6.07) is 9.30. The molecule has 2 aromatic carbocycles. The molecule has 0 spiro atoms. The van der Waals surface area contributed by atoms with Crippen molar-refractivity contribution >= 4 is 0 Å². The Morgan fingerprint density at radius 3 is 2.47 bits per heavy atom. The average Bonchev–Trinajstić information content (AvgIpc) is 2.34. The monoisotopic (exact) mass is 233 g/mol. The molecule has 0 atom stereocenters. The zero-order valence-electron chi connectivity index (χ0n) is 9.50. The van der Waals surface area contributed by atoms with Crippen molar-refractivity contribution in [1.82, 2.24) is 0 Å². The molecule has 0 aliphatic rings. The first-order valence-corrected chi connectivity index (χ1v) is 5.37. The first-order valence-electron chi connectivity index (χ1n) is 5.37. The normalized spacial score (nSPS) is 10.6. The molecule has 3 heteroatoms. The van der Waals surface area contributed by atoms with Gasteiger partial charge >= 0.3 is 0 Å². The summed E-state index contributed by atoms with van der Waals surface area (Å²) < 4.78 is 27.2. The number of nitrogens with two attached hydrogens (primary N) is 1. The molecule has 2 aromatic rings. The smallest absolute Gasteiger partial charge is 0.131 e. The molecule has 1 nitrogen and oxygen atoms in total. The van der Waals surface area contributed by atoms with Gasteiger partial charge in [0.05, 0.1) is 0 Å². The predicted molar refractivity (Wildman–Crippen MR) is 64.4 cm³/mol. The summed E-state index contributed by atoms with van der Waals surface area (Å²) in [4.78, 5) is 0. The van der Waals surface area contributed by atoms with Crippen molar-refractivity contribution in [3.63, 3.8) is 0 Å². The molecule has 0 aliphatic heterocycles. The van der Waals surface area contributed by atoms with Gasteiger partial charge < -0.3 is 5.73 Å². The fraction of sp³-hybridized carbons (Fsp3) is 0.143. The summed E-state index contributed by atoms with van der Waals surface area (Å²) in [5.74, 6) is -0.698. The molecule has 0 radical (unpaired) electrons. The van der Waals surface area contributed by atoms with E-state index in [4.69, 9.17) is 5.73 Å². The fourth-order valence-electron chi connectivity index (χ4n) is 1.81. The lowest BCUT2D eigenvalue weighted by Crippen LogP contribution is -1.98. The Balaban J connectivity index is 2.63. The summed E-state index contributed by atoms with van der Waals surface area (Å²) in [6.45, 7) is 1.97. The quantitative estimate of drug-likeness (QED) is 0.845. The van der Waals surface area contributed by atoms with Gasteiger partial charge in [0.1, 0.15) is 11.6 Å². The van der Waals surface area contributed by atoms with Crippen LogP contribution in [0.1, 0.15) is 11.1 Å². The topological polar surface area (TPSA) is 26.0 Å². The molecule has 0 saturated carbocycles. The Morgan fingerprint density at radius 2 is 1.76 bits per heavy atom. The van der Waals surface area contributed by atoms with Crippen LogP contribution in [0.3, 0.4) is 0 Å². The minimum Gasteiger partial charge on any atom is -0.326 e. The first-order chi connectivity index (χ1) is 8.13. The maximum Gasteiger partial charge on any atom is 0.131 e. The molecule has 0 amide bonds. The summed E-state index contributed by atoms with van der Waals surface area (Å²) >= 11 is 0. The van der Waals surface area contributed by atoms with Crippen molar-refractivity contribution in [2.24, 2.45) is 5.73 Å². The maximum atomic E-state index is 13.7. The Bertz CT molecular complexity index is 550. The largest absolute Gasteiger partial charge is 0.326 e. The van der Waals surface area contributed by atoms with Crippen LogP contribution in [0.4, 0.5) is 8.78 Å². The van der Waals surface area contributed by atoms with Crippen molar-refractivity contribution in [3.05, 3.63) is 59.2 Å². The molecule has 2 rings (SSSR count). The molecular formula is C14H13F2N. The lowest BCUT2D eigenvalue weighted by Gasteiger charge is -2.09. The number of hydrogen-bond donors (Lipinski definition) is 1. The zero-order valence-corrected chi connectivity index (χ0v) is 9.50. The second-order valence-electron chi connectivity index (χ2n) is 3.93. The minimum atomic E-state index is -0.365. The van der Waals surface area contributed by atoms with Crippen molar-refractivity contribution < 1.29 is 8.78 Å². The molecule has 0 aliphatic carbocycles. The van der Waals surface area contributed by atoms with E-state index in [1.54, 1.807) is 31.2 Å². The van der Waals surface area contributed by atoms with E-state index in [0.717, 1.165) is 5.56 Å². The summed E-state index contributed by atoms with van der Waals surface area (Å²) in [6.07, 6.45) is 0. The van der Waals surface area contributed by atoms with Crippen LogP contribution in [0.15, 0.2) is 36.4 Å². The first kappa shape index (κ1) is 11.7. The van der Waals surface area contributed by atoms with E-state index >= 15 is 0 Å². The lowest BCUT2D eigenvalue weighted by molar-refractivity contribution is 0.616. The lowest BCUT2D eigenvalue weighted by atomic mass is 9.98. The van der Waals surface area contributed by atoms with Crippen LogP contribution in [-0.2, 0) is 6.54 Å². The van der Waals surface area contributed by atoms with Gasteiger partial charge in [0.15, 0.2) is 0 Å². The zero-order chi connectivity index (χ0) is 12.4. The van der Waals surface area contributed by atoms with E-state index in [0.29, 0.717) is 23.2 Å². The minimum absolute atomic E-state index is 0.333. The third-order valence-electron chi connectivity index (χ3n) is 2.82. The molecule has 0 aromatic heterocycles. The highest BCUT2D eigenvalue weighted by atomic mass is 19.1. The van der Waals surface area contributed by atoms with Gasteiger partial charge in [0, 0.05) is 12.1 Å². The number of benzene rings is 2. The fourth-order valence-corrected chi connectivity index (χ4v) is 1.81. The van der Waals surface area contributed by atoms with E-state index in [1.807, 2.05) is 0 Å². The van der Waals surface area contributed by atoms with Crippen molar-refractivity contribution in [2.45, 2.75) is 13.5 Å². The van der Waals surface area contributed by atoms with Gasteiger partial charge in [-0.25, -0.2) is 8.78 Å². The van der Waals surface area contributed by atoms with Crippen LogP contribution in [-0.4, -0.2) is 0 Å². The van der Waals surface area contributed by atoms with Crippen LogP contribution in [0.5, 0.6) is 0 Å². The Hall–Kier alpha value is -1.74. The second-order valence-corrected chi connectivity index (χ2v) is 3.93. The standard InChI is InChI=1S/C14H13F2N/c1-9-11(3-2-4-13(9)15)12-7-10(8-17)5-6-14(12)16/h2-7H,8,17H2,1H3. The van der Waals surface area contributed by atoms with E-state index in [-0.39, 0.29) is 11.6 Å². The molecule has 0 unspecified atom stereocenters. The molecule has 0 saturated heterocycles. The van der Waals surface area contributed by atoms with Gasteiger partial charge in [-0.15, -0.1) is 0 Å². The van der Waals surface area contributed by atoms with E-state index in [9.17, 15) is 8.78 Å². The summed E-state index contributed by atoms with van der Waals surface area (Å²) in [5, 5.41) is 0. The highest BCUT2D eigenvalue weighted by Crippen LogP contribution is 2.28. The number of halogens is 2. The second kappa shape index (κ2) is 4.63. The molecule has 0 fully saturated rings. The van der Waals surface area contributed by atoms with Crippen LogP contribution in [0.25, 0.3) is 11.1 Å². The van der Waals surface area contributed by atoms with Gasteiger partial charge in [0.25, 0.3) is 0 Å². The number of hydrogen-bond acceptors (Lipinski definition) is 1. The highest BCUT2D eigenvalue weighted by Gasteiger charge is 2.10. The third-order valence-corrected chi connectivity index (χ3v) is 2.82. The van der Waals surface area contributed by atoms with Crippen molar-refractivity contribution in [2.75, 3.05) is 0 Å². The molecule has 17 heavy (non-hydrogen) atoms. The Labute approximate surface area is 98.9 Å². The molecular weight excluding hydrogens is 220 g/mol. The summed E-state index contributed by atoms with van der Waals surface area (Å²) in [7, 11) is 0. The number of rotatable bonds is 2. The molecule has 0 bridgehead atoms.